The summed E-state index contributed by atoms with van der Waals surface area (Å²) in [7, 11) is 0. The van der Waals surface area contributed by atoms with E-state index in [4.69, 9.17) is 4.74 Å². The number of aromatic hydroxyl groups is 1. The number of alkyl carbamates (subject to hydrolysis) is 1. The Morgan fingerprint density at radius 3 is 2.60 bits per heavy atom. The molecule has 0 fully saturated rings. The van der Waals surface area contributed by atoms with Crippen LogP contribution in [0.1, 0.15) is 11.1 Å². The van der Waals surface area contributed by atoms with Crippen LogP contribution in [0.25, 0.3) is 0 Å². The van der Waals surface area contributed by atoms with Crippen LogP contribution in [0, 0.1) is 5.82 Å². The van der Waals surface area contributed by atoms with Gasteiger partial charge in [-0.3, -0.25) is 0 Å². The van der Waals surface area contributed by atoms with Gasteiger partial charge in [0.1, 0.15) is 18.2 Å². The van der Waals surface area contributed by atoms with Crippen LogP contribution in [-0.4, -0.2) is 11.2 Å². The number of phenols is 1. The molecule has 2 aromatic rings. The number of carbonyl (C=O) groups excluding carboxylic acids is 1. The Labute approximate surface area is 115 Å². The van der Waals surface area contributed by atoms with Crippen molar-refractivity contribution in [2.75, 3.05) is 0 Å². The Kier molecular flexibility index (Phi) is 4.55. The van der Waals surface area contributed by atoms with Crippen LogP contribution in [-0.2, 0) is 17.9 Å². The summed E-state index contributed by atoms with van der Waals surface area (Å²) in [6, 6.07) is 12.9. The van der Waals surface area contributed by atoms with Gasteiger partial charge in [-0.25, -0.2) is 9.18 Å². The molecule has 0 bridgehead atoms. The lowest BCUT2D eigenvalue weighted by Crippen LogP contribution is -2.23. The van der Waals surface area contributed by atoms with Crippen molar-refractivity contribution < 1.29 is 19.0 Å². The zero-order valence-electron chi connectivity index (χ0n) is 10.7. The van der Waals surface area contributed by atoms with E-state index in [-0.39, 0.29) is 18.9 Å². The largest absolute Gasteiger partial charge is 0.508 e. The van der Waals surface area contributed by atoms with E-state index in [2.05, 4.69) is 5.32 Å². The van der Waals surface area contributed by atoms with Crippen molar-refractivity contribution >= 4 is 6.09 Å². The summed E-state index contributed by atoms with van der Waals surface area (Å²) >= 11 is 0. The number of amides is 1. The first-order valence-corrected chi connectivity index (χ1v) is 6.06. The highest BCUT2D eigenvalue weighted by Crippen LogP contribution is 2.14. The van der Waals surface area contributed by atoms with Crippen LogP contribution in [0.5, 0.6) is 5.75 Å². The van der Waals surface area contributed by atoms with Crippen molar-refractivity contribution in [3.8, 4) is 5.75 Å². The number of ether oxygens (including phenoxy) is 1. The number of carbonyl (C=O) groups is 1. The van der Waals surface area contributed by atoms with E-state index in [9.17, 15) is 14.3 Å². The van der Waals surface area contributed by atoms with Gasteiger partial charge in [0.15, 0.2) is 0 Å². The standard InChI is InChI=1S/C15H14FNO3/c16-13-6-12(7-14(18)8-13)9-17-15(19)20-10-11-4-2-1-3-5-11/h1-8,18H,9-10H2,(H,17,19). The normalized spacial score (nSPS) is 10.1. The molecular weight excluding hydrogens is 261 g/mol. The topological polar surface area (TPSA) is 58.6 Å². The summed E-state index contributed by atoms with van der Waals surface area (Å²) in [4.78, 5) is 11.5. The van der Waals surface area contributed by atoms with E-state index < -0.39 is 11.9 Å². The maximum atomic E-state index is 13.0. The van der Waals surface area contributed by atoms with Gasteiger partial charge >= 0.3 is 6.09 Å². The summed E-state index contributed by atoms with van der Waals surface area (Å²) in [6.07, 6.45) is -0.599. The Hall–Kier alpha value is -2.56. The third kappa shape index (κ3) is 4.28. The van der Waals surface area contributed by atoms with Crippen molar-refractivity contribution in [3.05, 3.63) is 65.5 Å². The van der Waals surface area contributed by atoms with Crippen LogP contribution < -0.4 is 5.32 Å². The van der Waals surface area contributed by atoms with Crippen LogP contribution in [0.3, 0.4) is 0 Å². The molecule has 4 nitrogen and oxygen atoms in total. The van der Waals surface area contributed by atoms with Crippen molar-refractivity contribution in [3.63, 3.8) is 0 Å². The molecular formula is C15H14FNO3. The third-order valence-corrected chi connectivity index (χ3v) is 2.59. The maximum Gasteiger partial charge on any atom is 0.407 e. The Morgan fingerprint density at radius 2 is 1.90 bits per heavy atom. The van der Waals surface area contributed by atoms with Crippen molar-refractivity contribution in [2.24, 2.45) is 0 Å². The van der Waals surface area contributed by atoms with E-state index >= 15 is 0 Å². The highest BCUT2D eigenvalue weighted by molar-refractivity contribution is 5.67. The molecule has 0 aliphatic rings. The monoisotopic (exact) mass is 275 g/mol. The minimum absolute atomic E-state index is 0.0823. The summed E-state index contributed by atoms with van der Waals surface area (Å²) in [5.74, 6) is -0.737. The maximum absolute atomic E-state index is 13.0. The SMILES string of the molecule is O=C(NCc1cc(O)cc(F)c1)OCc1ccccc1. The first kappa shape index (κ1) is 13.9. The second-order valence-electron chi connectivity index (χ2n) is 4.23. The zero-order valence-corrected chi connectivity index (χ0v) is 10.7. The first-order valence-electron chi connectivity index (χ1n) is 6.06. The molecule has 2 N–H and O–H groups in total. The van der Waals surface area contributed by atoms with Crippen LogP contribution >= 0.6 is 0 Å². The minimum Gasteiger partial charge on any atom is -0.508 e. The fourth-order valence-electron chi connectivity index (χ4n) is 1.68. The van der Waals surface area contributed by atoms with E-state index in [1.54, 1.807) is 0 Å². The molecule has 0 saturated carbocycles. The summed E-state index contributed by atoms with van der Waals surface area (Å²) in [5, 5.41) is 11.7. The molecule has 0 aliphatic carbocycles. The molecule has 2 aromatic carbocycles. The Balaban J connectivity index is 1.80. The molecule has 104 valence electrons. The summed E-state index contributed by atoms with van der Waals surface area (Å²) < 4.78 is 18.0. The average molecular weight is 275 g/mol. The molecule has 0 aromatic heterocycles. The van der Waals surface area contributed by atoms with Crippen molar-refractivity contribution in [1.29, 1.82) is 0 Å². The molecule has 0 spiro atoms. The molecule has 0 atom stereocenters. The van der Waals surface area contributed by atoms with Gasteiger partial charge in [0.25, 0.3) is 0 Å². The van der Waals surface area contributed by atoms with Gasteiger partial charge in [0.2, 0.25) is 0 Å². The van der Waals surface area contributed by atoms with Gasteiger partial charge in [-0.1, -0.05) is 30.3 Å². The van der Waals surface area contributed by atoms with E-state index in [1.165, 1.54) is 12.1 Å². The van der Waals surface area contributed by atoms with Crippen molar-refractivity contribution in [2.45, 2.75) is 13.2 Å². The quantitative estimate of drug-likeness (QED) is 0.902. The summed E-state index contributed by atoms with van der Waals surface area (Å²) in [5.41, 5.74) is 1.34. The molecule has 0 saturated heterocycles. The first-order chi connectivity index (χ1) is 9.63. The zero-order chi connectivity index (χ0) is 14.4. The molecule has 1 amide bonds. The second-order valence-corrected chi connectivity index (χ2v) is 4.23. The fourth-order valence-corrected chi connectivity index (χ4v) is 1.68. The lowest BCUT2D eigenvalue weighted by Gasteiger charge is -2.07. The number of hydrogen-bond donors (Lipinski definition) is 2. The van der Waals surface area contributed by atoms with Gasteiger partial charge in [0.05, 0.1) is 0 Å². The Bertz CT molecular complexity index is 567. The lowest BCUT2D eigenvalue weighted by molar-refractivity contribution is 0.139. The highest BCUT2D eigenvalue weighted by atomic mass is 19.1. The van der Waals surface area contributed by atoms with Crippen molar-refractivity contribution in [1.82, 2.24) is 5.32 Å². The number of hydrogen-bond acceptors (Lipinski definition) is 3. The van der Waals surface area contributed by atoms with Crippen LogP contribution in [0.15, 0.2) is 48.5 Å². The predicted molar refractivity (Wildman–Crippen MR) is 71.5 cm³/mol. The number of benzene rings is 2. The predicted octanol–water partition coefficient (Wildman–Crippen LogP) is 2.96. The van der Waals surface area contributed by atoms with Gasteiger partial charge in [-0.2, -0.15) is 0 Å². The fraction of sp³-hybridized carbons (Fsp3) is 0.133. The van der Waals surface area contributed by atoms with Gasteiger partial charge in [-0.05, 0) is 23.3 Å². The molecule has 20 heavy (non-hydrogen) atoms. The molecule has 0 heterocycles. The van der Waals surface area contributed by atoms with Gasteiger partial charge < -0.3 is 15.2 Å². The van der Waals surface area contributed by atoms with Gasteiger partial charge in [0, 0.05) is 12.6 Å². The molecule has 2 rings (SSSR count). The van der Waals surface area contributed by atoms with E-state index in [0.29, 0.717) is 5.56 Å². The molecule has 5 heteroatoms. The molecule has 0 aliphatic heterocycles. The number of nitrogens with one attached hydrogen (secondary N) is 1. The Morgan fingerprint density at radius 1 is 1.15 bits per heavy atom. The van der Waals surface area contributed by atoms with E-state index in [1.807, 2.05) is 30.3 Å². The number of rotatable bonds is 4. The average Bonchev–Trinajstić information content (AvgIpc) is 2.43. The van der Waals surface area contributed by atoms with Crippen LogP contribution in [0.4, 0.5) is 9.18 Å². The molecule has 0 radical (unpaired) electrons. The minimum atomic E-state index is -0.599. The third-order valence-electron chi connectivity index (χ3n) is 2.59. The second kappa shape index (κ2) is 6.56. The smallest absolute Gasteiger partial charge is 0.407 e. The van der Waals surface area contributed by atoms with E-state index in [0.717, 1.165) is 11.6 Å². The molecule has 0 unspecified atom stereocenters. The summed E-state index contributed by atoms with van der Waals surface area (Å²) in [6.45, 7) is 0.250. The lowest BCUT2D eigenvalue weighted by atomic mass is 10.2. The van der Waals surface area contributed by atoms with Gasteiger partial charge in [-0.15, -0.1) is 0 Å². The van der Waals surface area contributed by atoms with Crippen LogP contribution in [0.2, 0.25) is 0 Å². The number of halogens is 1. The highest BCUT2D eigenvalue weighted by Gasteiger charge is 2.04. The number of phenolic OH excluding ortho intramolecular Hbond substituents is 1.